The molecule has 4 rings (SSSR count). The fourth-order valence-corrected chi connectivity index (χ4v) is 4.27. The number of rotatable bonds is 8. The average Bonchev–Trinajstić information content (AvgIpc) is 2.95. The molecule has 0 radical (unpaired) electrons. The number of anilines is 1. The molecule has 2 heterocycles. The molecule has 194 valence electrons. The van der Waals surface area contributed by atoms with E-state index in [1.54, 1.807) is 16.9 Å². The lowest BCUT2D eigenvalue weighted by Crippen LogP contribution is -2.53. The summed E-state index contributed by atoms with van der Waals surface area (Å²) < 4.78 is 18.6. The molecule has 0 aliphatic carbocycles. The zero-order chi connectivity index (χ0) is 26.4. The van der Waals surface area contributed by atoms with Crippen molar-refractivity contribution in [2.24, 2.45) is 0 Å². The average molecular weight is 506 g/mol. The summed E-state index contributed by atoms with van der Waals surface area (Å²) in [4.78, 5) is 31.7. The summed E-state index contributed by atoms with van der Waals surface area (Å²) in [6.45, 7) is 6.16. The molecule has 1 saturated heterocycles. The second-order valence-electron chi connectivity index (χ2n) is 9.07. The highest BCUT2D eigenvalue weighted by atomic mass is 19.1. The van der Waals surface area contributed by atoms with Crippen molar-refractivity contribution in [3.05, 3.63) is 72.0 Å². The largest absolute Gasteiger partial charge is 0.497 e. The Morgan fingerprint density at radius 2 is 1.76 bits per heavy atom. The monoisotopic (exact) mass is 505 g/mol. The minimum atomic E-state index is -0.403. The van der Waals surface area contributed by atoms with Crippen molar-refractivity contribution in [3.63, 3.8) is 0 Å². The maximum Gasteiger partial charge on any atom is 0.254 e. The number of ether oxygens (including phenoxy) is 1. The fourth-order valence-electron chi connectivity index (χ4n) is 4.27. The molecule has 37 heavy (non-hydrogen) atoms. The van der Waals surface area contributed by atoms with Crippen molar-refractivity contribution in [1.82, 2.24) is 20.0 Å². The molecule has 0 bridgehead atoms. The first-order valence-electron chi connectivity index (χ1n) is 12.5. The van der Waals surface area contributed by atoms with Gasteiger partial charge < -0.3 is 19.4 Å². The van der Waals surface area contributed by atoms with E-state index in [0.29, 0.717) is 38.2 Å². The van der Waals surface area contributed by atoms with Crippen LogP contribution < -0.4 is 9.64 Å². The molecule has 1 aliphatic heterocycles. The Kier molecular flexibility index (Phi) is 8.32. The van der Waals surface area contributed by atoms with Gasteiger partial charge in [0, 0.05) is 43.3 Å². The van der Waals surface area contributed by atoms with E-state index in [1.807, 2.05) is 50.2 Å². The molecule has 1 atom stereocenters. The zero-order valence-corrected chi connectivity index (χ0v) is 21.4. The second-order valence-corrected chi connectivity index (χ2v) is 9.07. The third-order valence-corrected chi connectivity index (χ3v) is 6.75. The lowest BCUT2D eigenvalue weighted by atomic mass is 10.1. The van der Waals surface area contributed by atoms with Gasteiger partial charge in [0.2, 0.25) is 5.91 Å². The molecule has 3 aromatic rings. The number of benzene rings is 2. The summed E-state index contributed by atoms with van der Waals surface area (Å²) >= 11 is 0. The van der Waals surface area contributed by atoms with Crippen LogP contribution in [0, 0.1) is 5.82 Å². The summed E-state index contributed by atoms with van der Waals surface area (Å²) in [7, 11) is 1.63. The van der Waals surface area contributed by atoms with Gasteiger partial charge in [0.1, 0.15) is 18.1 Å². The molecular weight excluding hydrogens is 473 g/mol. The number of amides is 2. The van der Waals surface area contributed by atoms with Gasteiger partial charge >= 0.3 is 0 Å². The van der Waals surface area contributed by atoms with E-state index in [-0.39, 0.29) is 24.4 Å². The molecule has 1 fully saturated rings. The third-order valence-electron chi connectivity index (χ3n) is 6.75. The first-order valence-corrected chi connectivity index (χ1v) is 12.5. The number of nitrogens with zero attached hydrogens (tertiary/aromatic N) is 5. The Labute approximate surface area is 216 Å². The van der Waals surface area contributed by atoms with Crippen LogP contribution in [0.5, 0.6) is 5.75 Å². The van der Waals surface area contributed by atoms with Crippen LogP contribution in [0.2, 0.25) is 0 Å². The van der Waals surface area contributed by atoms with Gasteiger partial charge in [0.05, 0.1) is 12.8 Å². The van der Waals surface area contributed by atoms with E-state index >= 15 is 0 Å². The van der Waals surface area contributed by atoms with Crippen molar-refractivity contribution in [2.45, 2.75) is 26.3 Å². The van der Waals surface area contributed by atoms with E-state index in [0.717, 1.165) is 22.8 Å². The normalized spacial score (nSPS) is 14.3. The van der Waals surface area contributed by atoms with Crippen LogP contribution in [0.1, 0.15) is 30.6 Å². The topological polar surface area (TPSA) is 78.9 Å². The van der Waals surface area contributed by atoms with E-state index in [9.17, 15) is 14.0 Å². The molecule has 2 amide bonds. The van der Waals surface area contributed by atoms with Crippen LogP contribution in [-0.2, 0) is 4.79 Å². The highest BCUT2D eigenvalue weighted by Gasteiger charge is 2.28. The summed E-state index contributed by atoms with van der Waals surface area (Å²) in [6, 6.07) is 16.8. The predicted octanol–water partition coefficient (Wildman–Crippen LogP) is 3.88. The molecule has 1 aliphatic rings. The van der Waals surface area contributed by atoms with Gasteiger partial charge in [-0.25, -0.2) is 4.39 Å². The Bertz CT molecular complexity index is 1210. The fraction of sp³-hybridized carbons (Fsp3) is 0.357. The summed E-state index contributed by atoms with van der Waals surface area (Å²) in [5.74, 6) is 0.740. The standard InChI is InChI=1S/C28H32FN5O3/c1-4-20(2)34(28(36)21-8-10-23(29)11-9-21)19-27(35)33-16-14-32(15-17-33)26-13-12-25(30-31-26)22-6-5-7-24(18-22)37-3/h5-13,18,20H,4,14-17,19H2,1-3H3/t20-/m1/s1. The third kappa shape index (κ3) is 6.22. The minimum Gasteiger partial charge on any atom is -0.497 e. The number of hydrogen-bond donors (Lipinski definition) is 0. The maximum absolute atomic E-state index is 13.3. The number of halogens is 1. The van der Waals surface area contributed by atoms with Crippen molar-refractivity contribution in [3.8, 4) is 17.0 Å². The second kappa shape index (κ2) is 11.8. The van der Waals surface area contributed by atoms with Crippen molar-refractivity contribution in [2.75, 3.05) is 44.7 Å². The molecule has 0 unspecified atom stereocenters. The zero-order valence-electron chi connectivity index (χ0n) is 21.4. The summed E-state index contributed by atoms with van der Waals surface area (Å²) in [5, 5.41) is 8.78. The number of aromatic nitrogens is 2. The Balaban J connectivity index is 1.36. The first-order chi connectivity index (χ1) is 17.9. The highest BCUT2D eigenvalue weighted by molar-refractivity contribution is 5.96. The highest BCUT2D eigenvalue weighted by Crippen LogP contribution is 2.23. The van der Waals surface area contributed by atoms with Crippen molar-refractivity contribution >= 4 is 17.6 Å². The molecule has 1 aromatic heterocycles. The predicted molar refractivity (Wildman–Crippen MR) is 140 cm³/mol. The molecule has 9 heteroatoms. The SMILES string of the molecule is CC[C@@H](C)N(CC(=O)N1CCN(c2ccc(-c3cccc(OC)c3)nn2)CC1)C(=O)c1ccc(F)cc1. The van der Waals surface area contributed by atoms with Crippen LogP contribution in [0.25, 0.3) is 11.3 Å². The van der Waals surface area contributed by atoms with Crippen LogP contribution >= 0.6 is 0 Å². The number of carbonyl (C=O) groups is 2. The van der Waals surface area contributed by atoms with Crippen LogP contribution in [0.15, 0.2) is 60.7 Å². The maximum atomic E-state index is 13.3. The quantitative estimate of drug-likeness (QED) is 0.462. The summed E-state index contributed by atoms with van der Waals surface area (Å²) in [5.41, 5.74) is 2.05. The number of piperazine rings is 1. The van der Waals surface area contributed by atoms with Crippen molar-refractivity contribution < 1.29 is 18.7 Å². The minimum absolute atomic E-state index is 0.0136. The first kappa shape index (κ1) is 26.1. The Morgan fingerprint density at radius 3 is 2.38 bits per heavy atom. The van der Waals surface area contributed by atoms with Crippen LogP contribution in [0.3, 0.4) is 0 Å². The molecule has 0 saturated carbocycles. The Hall–Kier alpha value is -4.01. The Morgan fingerprint density at radius 1 is 1.03 bits per heavy atom. The number of methoxy groups -OCH3 is 1. The summed E-state index contributed by atoms with van der Waals surface area (Å²) in [6.07, 6.45) is 0.707. The molecule has 0 spiro atoms. The van der Waals surface area contributed by atoms with E-state index in [4.69, 9.17) is 4.74 Å². The smallest absolute Gasteiger partial charge is 0.254 e. The van der Waals surface area contributed by atoms with Gasteiger partial charge in [-0.1, -0.05) is 19.1 Å². The van der Waals surface area contributed by atoms with Gasteiger partial charge in [0.15, 0.2) is 5.82 Å². The lowest BCUT2D eigenvalue weighted by Gasteiger charge is -2.37. The van der Waals surface area contributed by atoms with Gasteiger partial charge in [0.25, 0.3) is 5.91 Å². The van der Waals surface area contributed by atoms with Crippen molar-refractivity contribution in [1.29, 1.82) is 0 Å². The van der Waals surface area contributed by atoms with Gasteiger partial charge in [-0.05, 0) is 61.9 Å². The van der Waals surface area contributed by atoms with E-state index in [1.165, 1.54) is 24.3 Å². The van der Waals surface area contributed by atoms with Gasteiger partial charge in [-0.15, -0.1) is 10.2 Å². The number of carbonyl (C=O) groups excluding carboxylic acids is 2. The van der Waals surface area contributed by atoms with Gasteiger partial charge in [-0.3, -0.25) is 9.59 Å². The molecular formula is C28H32FN5O3. The van der Waals surface area contributed by atoms with Crippen LogP contribution in [0.4, 0.5) is 10.2 Å². The van der Waals surface area contributed by atoms with Crippen LogP contribution in [-0.4, -0.2) is 77.7 Å². The number of hydrogen-bond acceptors (Lipinski definition) is 6. The van der Waals surface area contributed by atoms with Gasteiger partial charge in [-0.2, -0.15) is 0 Å². The molecule has 8 nitrogen and oxygen atoms in total. The lowest BCUT2D eigenvalue weighted by molar-refractivity contribution is -0.132. The van der Waals surface area contributed by atoms with E-state index in [2.05, 4.69) is 15.1 Å². The molecule has 0 N–H and O–H groups in total. The molecule has 2 aromatic carbocycles. The van der Waals surface area contributed by atoms with E-state index < -0.39 is 5.82 Å².